The largest absolute Gasteiger partial charge is 0.385 e. The van der Waals surface area contributed by atoms with E-state index < -0.39 is 0 Å². The number of aryl methyl sites for hydroxylation is 2. The Kier molecular flexibility index (Phi) is 4.74. The van der Waals surface area contributed by atoms with Gasteiger partial charge in [0, 0.05) is 28.9 Å². The maximum atomic E-state index is 12.2. The van der Waals surface area contributed by atoms with Gasteiger partial charge in [0.2, 0.25) is 0 Å². The first-order valence-electron chi connectivity index (χ1n) is 6.64. The third-order valence-electron chi connectivity index (χ3n) is 2.92. The minimum Gasteiger partial charge on any atom is -0.385 e. The molecule has 106 valence electrons. The number of aromatic nitrogens is 1. The van der Waals surface area contributed by atoms with Crippen LogP contribution in [0, 0.1) is 13.8 Å². The molecule has 4 nitrogen and oxygen atoms in total. The molecule has 0 saturated carbocycles. The normalized spacial score (nSPS) is 10.3. The van der Waals surface area contributed by atoms with Gasteiger partial charge in [-0.05, 0) is 44.5 Å². The fraction of sp³-hybridized carbons (Fsp3) is 0.333. The Hall–Kier alpha value is -1.88. The van der Waals surface area contributed by atoms with E-state index in [0.717, 1.165) is 27.7 Å². The van der Waals surface area contributed by atoms with Gasteiger partial charge >= 0.3 is 0 Å². The summed E-state index contributed by atoms with van der Waals surface area (Å²) in [6.45, 7) is 7.35. The standard InChI is InChI=1S/C15H19N3OS/c1-4-16-12-5-6-13(10(2)7-12)15(19)18-9-14-17-8-11(3)20-14/h5-8,16H,4,9H2,1-3H3,(H,18,19). The number of carbonyl (C=O) groups excluding carboxylic acids is 1. The highest BCUT2D eigenvalue weighted by Crippen LogP contribution is 2.16. The first-order valence-corrected chi connectivity index (χ1v) is 7.46. The molecule has 0 aliphatic carbocycles. The Labute approximate surface area is 123 Å². The first kappa shape index (κ1) is 14.5. The topological polar surface area (TPSA) is 54.0 Å². The second-order valence-electron chi connectivity index (χ2n) is 4.61. The van der Waals surface area contributed by atoms with Gasteiger partial charge in [0.05, 0.1) is 6.54 Å². The number of hydrogen-bond donors (Lipinski definition) is 2. The van der Waals surface area contributed by atoms with Gasteiger partial charge < -0.3 is 10.6 Å². The van der Waals surface area contributed by atoms with Crippen molar-refractivity contribution in [1.29, 1.82) is 0 Å². The van der Waals surface area contributed by atoms with Crippen molar-refractivity contribution in [2.24, 2.45) is 0 Å². The van der Waals surface area contributed by atoms with Crippen LogP contribution >= 0.6 is 11.3 Å². The molecule has 0 spiro atoms. The Morgan fingerprint density at radius 2 is 2.15 bits per heavy atom. The Bertz CT molecular complexity index is 607. The summed E-state index contributed by atoms with van der Waals surface area (Å²) in [5, 5.41) is 7.07. The summed E-state index contributed by atoms with van der Waals surface area (Å²) in [6, 6.07) is 5.78. The van der Waals surface area contributed by atoms with E-state index in [1.807, 2.05) is 45.2 Å². The van der Waals surface area contributed by atoms with Gasteiger partial charge in [-0.15, -0.1) is 11.3 Å². The van der Waals surface area contributed by atoms with Crippen LogP contribution in [0.25, 0.3) is 0 Å². The van der Waals surface area contributed by atoms with Gasteiger partial charge in [-0.2, -0.15) is 0 Å². The van der Waals surface area contributed by atoms with Crippen molar-refractivity contribution in [3.63, 3.8) is 0 Å². The molecule has 20 heavy (non-hydrogen) atoms. The van der Waals surface area contributed by atoms with E-state index in [9.17, 15) is 4.79 Å². The fourth-order valence-corrected chi connectivity index (χ4v) is 2.69. The summed E-state index contributed by atoms with van der Waals surface area (Å²) in [5.74, 6) is -0.0570. The predicted octanol–water partition coefficient (Wildman–Crippen LogP) is 3.12. The predicted molar refractivity (Wildman–Crippen MR) is 83.4 cm³/mol. The lowest BCUT2D eigenvalue weighted by atomic mass is 10.1. The van der Waals surface area contributed by atoms with E-state index in [2.05, 4.69) is 15.6 Å². The summed E-state index contributed by atoms with van der Waals surface area (Å²) in [4.78, 5) is 17.5. The van der Waals surface area contributed by atoms with Crippen LogP contribution in [0.1, 0.15) is 32.7 Å². The lowest BCUT2D eigenvalue weighted by molar-refractivity contribution is 0.0950. The second kappa shape index (κ2) is 6.52. The molecular formula is C15H19N3OS. The summed E-state index contributed by atoms with van der Waals surface area (Å²) in [5.41, 5.74) is 2.72. The Morgan fingerprint density at radius 3 is 2.75 bits per heavy atom. The smallest absolute Gasteiger partial charge is 0.251 e. The molecule has 1 aromatic carbocycles. The molecule has 1 heterocycles. The van der Waals surface area contributed by atoms with Crippen molar-refractivity contribution in [2.75, 3.05) is 11.9 Å². The molecule has 0 bridgehead atoms. The molecule has 0 fully saturated rings. The number of nitrogens with one attached hydrogen (secondary N) is 2. The van der Waals surface area contributed by atoms with Crippen LogP contribution in [-0.2, 0) is 6.54 Å². The van der Waals surface area contributed by atoms with E-state index in [4.69, 9.17) is 0 Å². The van der Waals surface area contributed by atoms with Crippen LogP contribution in [0.15, 0.2) is 24.4 Å². The van der Waals surface area contributed by atoms with Crippen molar-refractivity contribution in [3.05, 3.63) is 45.4 Å². The summed E-state index contributed by atoms with van der Waals surface area (Å²) >= 11 is 1.60. The van der Waals surface area contributed by atoms with Crippen LogP contribution in [0.4, 0.5) is 5.69 Å². The number of benzene rings is 1. The molecule has 2 N–H and O–H groups in total. The average Bonchev–Trinajstić information content (AvgIpc) is 2.82. The van der Waals surface area contributed by atoms with Gasteiger partial charge in [0.1, 0.15) is 5.01 Å². The van der Waals surface area contributed by atoms with E-state index in [1.165, 1.54) is 0 Å². The number of anilines is 1. The number of thiazole rings is 1. The van der Waals surface area contributed by atoms with Gasteiger partial charge in [-0.3, -0.25) is 4.79 Å². The molecule has 2 aromatic rings. The fourth-order valence-electron chi connectivity index (χ4n) is 1.97. The molecule has 1 aromatic heterocycles. The SMILES string of the molecule is CCNc1ccc(C(=O)NCc2ncc(C)s2)c(C)c1. The molecular weight excluding hydrogens is 270 g/mol. The lowest BCUT2D eigenvalue weighted by Gasteiger charge is -2.09. The van der Waals surface area contributed by atoms with Gasteiger partial charge in [0.25, 0.3) is 5.91 Å². The Balaban J connectivity index is 2.01. The van der Waals surface area contributed by atoms with Crippen molar-refractivity contribution in [1.82, 2.24) is 10.3 Å². The highest BCUT2D eigenvalue weighted by Gasteiger charge is 2.10. The van der Waals surface area contributed by atoms with Gasteiger partial charge in [-0.25, -0.2) is 4.98 Å². The van der Waals surface area contributed by atoms with E-state index >= 15 is 0 Å². The molecule has 0 aliphatic heterocycles. The number of amides is 1. The molecule has 0 radical (unpaired) electrons. The summed E-state index contributed by atoms with van der Waals surface area (Å²) in [6.07, 6.45) is 1.82. The molecule has 0 unspecified atom stereocenters. The highest BCUT2D eigenvalue weighted by molar-refractivity contribution is 7.11. The van der Waals surface area contributed by atoms with Crippen LogP contribution in [0.3, 0.4) is 0 Å². The third-order valence-corrected chi connectivity index (χ3v) is 3.83. The molecule has 1 amide bonds. The zero-order valence-corrected chi connectivity index (χ0v) is 12.8. The maximum Gasteiger partial charge on any atom is 0.251 e. The highest BCUT2D eigenvalue weighted by atomic mass is 32.1. The number of carbonyl (C=O) groups is 1. The molecule has 0 saturated heterocycles. The second-order valence-corrected chi connectivity index (χ2v) is 5.93. The van der Waals surface area contributed by atoms with Gasteiger partial charge in [-0.1, -0.05) is 0 Å². The quantitative estimate of drug-likeness (QED) is 0.889. The first-order chi connectivity index (χ1) is 9.60. The van der Waals surface area contributed by atoms with Crippen LogP contribution in [-0.4, -0.2) is 17.4 Å². The minimum atomic E-state index is -0.0570. The molecule has 0 atom stereocenters. The average molecular weight is 289 g/mol. The zero-order chi connectivity index (χ0) is 14.5. The minimum absolute atomic E-state index is 0.0570. The van der Waals surface area contributed by atoms with Crippen LogP contribution < -0.4 is 10.6 Å². The number of nitrogens with zero attached hydrogens (tertiary/aromatic N) is 1. The van der Waals surface area contributed by atoms with E-state index in [0.29, 0.717) is 12.1 Å². The summed E-state index contributed by atoms with van der Waals surface area (Å²) in [7, 11) is 0. The Morgan fingerprint density at radius 1 is 1.35 bits per heavy atom. The van der Waals surface area contributed by atoms with Crippen molar-refractivity contribution in [3.8, 4) is 0 Å². The monoisotopic (exact) mass is 289 g/mol. The third kappa shape index (κ3) is 3.57. The summed E-state index contributed by atoms with van der Waals surface area (Å²) < 4.78 is 0. The molecule has 2 rings (SSSR count). The maximum absolute atomic E-state index is 12.2. The van der Waals surface area contributed by atoms with Crippen molar-refractivity contribution < 1.29 is 4.79 Å². The van der Waals surface area contributed by atoms with Crippen LogP contribution in [0.2, 0.25) is 0 Å². The number of hydrogen-bond acceptors (Lipinski definition) is 4. The van der Waals surface area contributed by atoms with Crippen LogP contribution in [0.5, 0.6) is 0 Å². The lowest BCUT2D eigenvalue weighted by Crippen LogP contribution is -2.23. The number of rotatable bonds is 5. The van der Waals surface area contributed by atoms with E-state index in [1.54, 1.807) is 11.3 Å². The van der Waals surface area contributed by atoms with E-state index in [-0.39, 0.29) is 5.91 Å². The van der Waals surface area contributed by atoms with Crippen molar-refractivity contribution in [2.45, 2.75) is 27.3 Å². The zero-order valence-electron chi connectivity index (χ0n) is 12.0. The van der Waals surface area contributed by atoms with Crippen molar-refractivity contribution >= 4 is 22.9 Å². The molecule has 5 heteroatoms. The van der Waals surface area contributed by atoms with Gasteiger partial charge in [0.15, 0.2) is 0 Å². The molecule has 0 aliphatic rings.